The smallest absolute Gasteiger partial charge is 0.209 e. The van der Waals surface area contributed by atoms with Crippen molar-refractivity contribution in [2.24, 2.45) is 4.99 Å². The molecule has 0 bridgehead atoms. The minimum atomic E-state index is 0.725. The predicted octanol–water partition coefficient (Wildman–Crippen LogP) is 5.28. The summed E-state index contributed by atoms with van der Waals surface area (Å²) in [6.07, 6.45) is 1.84. The van der Waals surface area contributed by atoms with Crippen LogP contribution in [0, 0.1) is 0 Å². The van der Waals surface area contributed by atoms with Gasteiger partial charge >= 0.3 is 0 Å². The second-order valence-corrected chi connectivity index (χ2v) is 6.54. The fourth-order valence-corrected chi connectivity index (χ4v) is 2.86. The van der Waals surface area contributed by atoms with Crippen molar-refractivity contribution in [1.82, 2.24) is 4.98 Å². The Morgan fingerprint density at radius 1 is 1.04 bits per heavy atom. The van der Waals surface area contributed by atoms with E-state index in [4.69, 9.17) is 11.6 Å². The second kappa shape index (κ2) is 6.94. The van der Waals surface area contributed by atoms with Gasteiger partial charge in [-0.15, -0.1) is 11.3 Å². The minimum absolute atomic E-state index is 0.725. The van der Waals surface area contributed by atoms with E-state index in [2.05, 4.69) is 27.0 Å². The Kier molecular flexibility index (Phi) is 4.74. The SMILES string of the molecule is CN(C)c1ccc(/C=N/c2nc(-c3ccc(Cl)cc3)cs2)cc1. The zero-order valence-electron chi connectivity index (χ0n) is 12.9. The summed E-state index contributed by atoms with van der Waals surface area (Å²) in [4.78, 5) is 11.1. The van der Waals surface area contributed by atoms with Gasteiger partial charge in [-0.1, -0.05) is 35.9 Å². The molecule has 3 nitrogen and oxygen atoms in total. The molecule has 0 unspecified atom stereocenters. The van der Waals surface area contributed by atoms with Gasteiger partial charge < -0.3 is 4.90 Å². The molecule has 5 heteroatoms. The summed E-state index contributed by atoms with van der Waals surface area (Å²) in [5.41, 5.74) is 4.18. The lowest BCUT2D eigenvalue weighted by Crippen LogP contribution is -2.08. The number of hydrogen-bond acceptors (Lipinski definition) is 4. The molecule has 0 saturated heterocycles. The number of hydrogen-bond donors (Lipinski definition) is 0. The van der Waals surface area contributed by atoms with Crippen LogP contribution in [0.4, 0.5) is 10.8 Å². The molecule has 0 aliphatic rings. The van der Waals surface area contributed by atoms with Crippen LogP contribution >= 0.6 is 22.9 Å². The quantitative estimate of drug-likeness (QED) is 0.604. The maximum Gasteiger partial charge on any atom is 0.209 e. The predicted molar refractivity (Wildman–Crippen MR) is 101 cm³/mol. The van der Waals surface area contributed by atoms with Crippen LogP contribution in [-0.4, -0.2) is 25.3 Å². The van der Waals surface area contributed by atoms with Crippen molar-refractivity contribution in [2.45, 2.75) is 0 Å². The van der Waals surface area contributed by atoms with E-state index >= 15 is 0 Å². The van der Waals surface area contributed by atoms with Crippen LogP contribution in [0.2, 0.25) is 5.02 Å². The van der Waals surface area contributed by atoms with Crippen LogP contribution < -0.4 is 4.90 Å². The van der Waals surface area contributed by atoms with Gasteiger partial charge in [0.05, 0.1) is 5.69 Å². The first-order valence-corrected chi connectivity index (χ1v) is 8.40. The Morgan fingerprint density at radius 3 is 2.39 bits per heavy atom. The van der Waals surface area contributed by atoms with E-state index in [1.165, 1.54) is 17.0 Å². The van der Waals surface area contributed by atoms with Crippen molar-refractivity contribution in [1.29, 1.82) is 0 Å². The third-order valence-corrected chi connectivity index (χ3v) is 4.37. The average Bonchev–Trinajstić information content (AvgIpc) is 3.03. The van der Waals surface area contributed by atoms with Crippen LogP contribution in [0.1, 0.15) is 5.56 Å². The van der Waals surface area contributed by atoms with E-state index < -0.39 is 0 Å². The molecule has 116 valence electrons. The van der Waals surface area contributed by atoms with Crippen molar-refractivity contribution in [3.8, 4) is 11.3 Å². The number of thiazole rings is 1. The van der Waals surface area contributed by atoms with Crippen molar-refractivity contribution in [2.75, 3.05) is 19.0 Å². The molecule has 1 aromatic heterocycles. The standard InChI is InChI=1S/C18H16ClN3S/c1-22(2)16-9-3-13(4-10-16)11-20-18-21-17(12-23-18)14-5-7-15(19)8-6-14/h3-12H,1-2H3/b20-11+. The number of anilines is 1. The molecule has 0 spiro atoms. The lowest BCUT2D eigenvalue weighted by atomic mass is 10.2. The molecule has 0 atom stereocenters. The summed E-state index contributed by atoms with van der Waals surface area (Å²) in [5.74, 6) is 0. The summed E-state index contributed by atoms with van der Waals surface area (Å²) < 4.78 is 0. The summed E-state index contributed by atoms with van der Waals surface area (Å²) in [6, 6.07) is 15.9. The number of nitrogens with zero attached hydrogens (tertiary/aromatic N) is 3. The number of rotatable bonds is 4. The van der Waals surface area contributed by atoms with Gasteiger partial charge in [0, 0.05) is 42.0 Å². The summed E-state index contributed by atoms with van der Waals surface area (Å²) in [7, 11) is 4.05. The van der Waals surface area contributed by atoms with Gasteiger partial charge in [-0.05, 0) is 29.8 Å². The Morgan fingerprint density at radius 2 is 1.74 bits per heavy atom. The minimum Gasteiger partial charge on any atom is -0.378 e. The lowest BCUT2D eigenvalue weighted by Gasteiger charge is -2.11. The lowest BCUT2D eigenvalue weighted by molar-refractivity contribution is 1.13. The van der Waals surface area contributed by atoms with Gasteiger partial charge in [-0.3, -0.25) is 0 Å². The Balaban J connectivity index is 1.74. The van der Waals surface area contributed by atoms with Crippen LogP contribution in [0.5, 0.6) is 0 Å². The molecule has 2 aromatic carbocycles. The second-order valence-electron chi connectivity index (χ2n) is 5.27. The molecule has 0 fully saturated rings. The Labute approximate surface area is 144 Å². The van der Waals surface area contributed by atoms with Crippen LogP contribution in [-0.2, 0) is 0 Å². The Bertz CT molecular complexity index is 805. The topological polar surface area (TPSA) is 28.5 Å². The summed E-state index contributed by atoms with van der Waals surface area (Å²) in [5, 5.41) is 3.47. The highest BCUT2D eigenvalue weighted by Gasteiger charge is 2.03. The fraction of sp³-hybridized carbons (Fsp3) is 0.111. The highest BCUT2D eigenvalue weighted by atomic mass is 35.5. The third-order valence-electron chi connectivity index (χ3n) is 3.37. The first kappa shape index (κ1) is 15.7. The van der Waals surface area contributed by atoms with Gasteiger partial charge in [-0.25, -0.2) is 9.98 Å². The van der Waals surface area contributed by atoms with Gasteiger partial charge in [-0.2, -0.15) is 0 Å². The van der Waals surface area contributed by atoms with E-state index in [-0.39, 0.29) is 0 Å². The van der Waals surface area contributed by atoms with Crippen LogP contribution in [0.3, 0.4) is 0 Å². The molecule has 1 heterocycles. The van der Waals surface area contributed by atoms with Crippen LogP contribution in [0.15, 0.2) is 58.9 Å². The largest absolute Gasteiger partial charge is 0.378 e. The van der Waals surface area contributed by atoms with Gasteiger partial charge in [0.25, 0.3) is 0 Å². The molecular weight excluding hydrogens is 326 g/mol. The first-order chi connectivity index (χ1) is 11.1. The molecule has 23 heavy (non-hydrogen) atoms. The van der Waals surface area contributed by atoms with Crippen molar-refractivity contribution < 1.29 is 0 Å². The molecule has 3 rings (SSSR count). The maximum atomic E-state index is 5.91. The molecular formula is C18H16ClN3S. The zero-order valence-corrected chi connectivity index (χ0v) is 14.5. The van der Waals surface area contributed by atoms with Crippen LogP contribution in [0.25, 0.3) is 11.3 Å². The molecule has 0 radical (unpaired) electrons. The molecule has 0 N–H and O–H groups in total. The molecule has 3 aromatic rings. The Hall–Kier alpha value is -2.17. The van der Waals surface area contributed by atoms with E-state index in [9.17, 15) is 0 Å². The summed E-state index contributed by atoms with van der Waals surface area (Å²) in [6.45, 7) is 0. The molecule has 0 aliphatic carbocycles. The summed E-state index contributed by atoms with van der Waals surface area (Å²) >= 11 is 7.43. The first-order valence-electron chi connectivity index (χ1n) is 7.15. The number of halogens is 1. The maximum absolute atomic E-state index is 5.91. The normalized spacial score (nSPS) is 11.1. The van der Waals surface area contributed by atoms with Crippen molar-refractivity contribution >= 4 is 40.0 Å². The monoisotopic (exact) mass is 341 g/mol. The number of aliphatic imine (C=N–C) groups is 1. The van der Waals surface area contributed by atoms with E-state index in [1.54, 1.807) is 0 Å². The highest BCUT2D eigenvalue weighted by Crippen LogP contribution is 2.27. The number of benzene rings is 2. The van der Waals surface area contributed by atoms with E-state index in [0.717, 1.165) is 27.0 Å². The molecule has 0 amide bonds. The van der Waals surface area contributed by atoms with Gasteiger partial charge in [0.15, 0.2) is 0 Å². The van der Waals surface area contributed by atoms with Crippen molar-refractivity contribution in [3.05, 3.63) is 64.5 Å². The van der Waals surface area contributed by atoms with Gasteiger partial charge in [0.1, 0.15) is 0 Å². The third kappa shape index (κ3) is 3.97. The molecule has 0 saturated carbocycles. The highest BCUT2D eigenvalue weighted by molar-refractivity contribution is 7.13. The number of aromatic nitrogens is 1. The molecule has 0 aliphatic heterocycles. The van der Waals surface area contributed by atoms with Gasteiger partial charge in [0.2, 0.25) is 5.13 Å². The average molecular weight is 342 g/mol. The zero-order chi connectivity index (χ0) is 16.2. The van der Waals surface area contributed by atoms with E-state index in [0.29, 0.717) is 0 Å². The fourth-order valence-electron chi connectivity index (χ4n) is 2.07. The van der Waals surface area contributed by atoms with Crippen molar-refractivity contribution in [3.63, 3.8) is 0 Å². The van der Waals surface area contributed by atoms with E-state index in [1.807, 2.05) is 62.1 Å².